The monoisotopic (exact) mass is 483 g/mol. The predicted octanol–water partition coefficient (Wildman–Crippen LogP) is 5.58. The lowest BCUT2D eigenvalue weighted by molar-refractivity contribution is -0.133. The number of carbonyl (C=O) groups is 2. The number of unbranched alkanes of at least 4 members (excludes halogenated alkanes) is 1. The van der Waals surface area contributed by atoms with Crippen LogP contribution in [0.4, 0.5) is 5.69 Å². The summed E-state index contributed by atoms with van der Waals surface area (Å²) in [5, 5.41) is 9.23. The fourth-order valence-corrected chi connectivity index (χ4v) is 3.42. The van der Waals surface area contributed by atoms with Gasteiger partial charge in [0, 0.05) is 44.7 Å². The Morgan fingerprint density at radius 1 is 1.03 bits per heavy atom. The number of ether oxygens (including phenoxy) is 3. The minimum atomic E-state index is -1.03. The van der Waals surface area contributed by atoms with Gasteiger partial charge in [0.05, 0.1) is 19.3 Å². The van der Waals surface area contributed by atoms with Crippen LogP contribution in [0, 0.1) is 0 Å². The van der Waals surface area contributed by atoms with Crippen molar-refractivity contribution in [2.75, 3.05) is 31.8 Å². The van der Waals surface area contributed by atoms with E-state index in [2.05, 4.69) is 13.5 Å². The molecule has 1 N–H and O–H groups in total. The Labute approximate surface area is 208 Å². The van der Waals surface area contributed by atoms with Crippen molar-refractivity contribution in [3.05, 3.63) is 65.7 Å². The van der Waals surface area contributed by atoms with E-state index in [0.29, 0.717) is 37.7 Å². The Balaban J connectivity index is 2.12. The highest BCUT2D eigenvalue weighted by atomic mass is 16.5. The summed E-state index contributed by atoms with van der Waals surface area (Å²) in [5.74, 6) is 0.194. The topological polar surface area (TPSA) is 85.3 Å². The molecule has 0 aliphatic carbocycles. The maximum absolute atomic E-state index is 11.5. The zero-order valence-electron chi connectivity index (χ0n) is 21.2. The fourth-order valence-electron chi connectivity index (χ4n) is 3.42. The number of carboxylic acid groups (broad SMARTS) is 1. The molecule has 1 atom stereocenters. The van der Waals surface area contributed by atoms with Gasteiger partial charge in [0.1, 0.15) is 0 Å². The SMILES string of the molecule is C=C(CC(OCC)c1ccc(OCCc2ccc(N(C)C(C)=O)cc2)c(OCCCC)c1)C(=O)O. The average Bonchev–Trinajstić information content (AvgIpc) is 2.84. The summed E-state index contributed by atoms with van der Waals surface area (Å²) in [7, 11) is 1.75. The van der Waals surface area contributed by atoms with E-state index in [-0.39, 0.29) is 17.9 Å². The van der Waals surface area contributed by atoms with Crippen molar-refractivity contribution < 1.29 is 28.9 Å². The standard InChI is InChI=1S/C28H37NO6/c1-6-8-16-34-27-19-23(26(33-7-2)18-20(3)28(31)32)11-14-25(27)35-17-15-22-9-12-24(13-10-22)29(5)21(4)30/h9-14,19,26H,3,6-8,15-18H2,1-2,4-5H3,(H,31,32). The van der Waals surface area contributed by atoms with Crippen LogP contribution in [-0.2, 0) is 20.7 Å². The van der Waals surface area contributed by atoms with Crippen molar-refractivity contribution in [2.24, 2.45) is 0 Å². The zero-order chi connectivity index (χ0) is 25.8. The number of rotatable bonds is 15. The van der Waals surface area contributed by atoms with Gasteiger partial charge >= 0.3 is 5.97 Å². The van der Waals surface area contributed by atoms with Crippen molar-refractivity contribution in [1.82, 2.24) is 0 Å². The lowest BCUT2D eigenvalue weighted by Gasteiger charge is -2.20. The summed E-state index contributed by atoms with van der Waals surface area (Å²) in [5.41, 5.74) is 2.86. The molecule has 2 aromatic carbocycles. The molecule has 0 heterocycles. The minimum absolute atomic E-state index is 0.0148. The zero-order valence-corrected chi connectivity index (χ0v) is 21.2. The number of aliphatic carboxylic acids is 1. The molecule has 0 aliphatic rings. The van der Waals surface area contributed by atoms with Gasteiger partial charge in [-0.15, -0.1) is 0 Å². The molecule has 35 heavy (non-hydrogen) atoms. The number of nitrogens with zero attached hydrogens (tertiary/aromatic N) is 1. The van der Waals surface area contributed by atoms with Gasteiger partial charge in [-0.2, -0.15) is 0 Å². The molecule has 0 bridgehead atoms. The summed E-state index contributed by atoms with van der Waals surface area (Å²) in [4.78, 5) is 24.4. The van der Waals surface area contributed by atoms with Gasteiger partial charge in [-0.3, -0.25) is 4.79 Å². The first-order chi connectivity index (χ1) is 16.8. The minimum Gasteiger partial charge on any atom is -0.490 e. The van der Waals surface area contributed by atoms with Crippen LogP contribution in [0.15, 0.2) is 54.6 Å². The van der Waals surface area contributed by atoms with Crippen molar-refractivity contribution in [1.29, 1.82) is 0 Å². The fraction of sp³-hybridized carbons (Fsp3) is 0.429. The summed E-state index contributed by atoms with van der Waals surface area (Å²) in [6.45, 7) is 10.6. The first kappa shape index (κ1) is 27.9. The molecule has 2 rings (SSSR count). The van der Waals surface area contributed by atoms with Crippen LogP contribution in [0.3, 0.4) is 0 Å². The number of carboxylic acids is 1. The molecular formula is C28H37NO6. The van der Waals surface area contributed by atoms with Gasteiger partial charge in [0.25, 0.3) is 0 Å². The van der Waals surface area contributed by atoms with E-state index in [1.165, 1.54) is 6.92 Å². The maximum atomic E-state index is 11.5. The number of hydrogen-bond donors (Lipinski definition) is 1. The van der Waals surface area contributed by atoms with Crippen LogP contribution in [0.1, 0.15) is 57.3 Å². The Morgan fingerprint density at radius 3 is 2.31 bits per heavy atom. The van der Waals surface area contributed by atoms with Gasteiger partial charge in [-0.1, -0.05) is 38.1 Å². The van der Waals surface area contributed by atoms with E-state index in [0.717, 1.165) is 29.7 Å². The smallest absolute Gasteiger partial charge is 0.331 e. The summed E-state index contributed by atoms with van der Waals surface area (Å²) >= 11 is 0. The van der Waals surface area contributed by atoms with Crippen LogP contribution in [0.2, 0.25) is 0 Å². The third kappa shape index (κ3) is 8.76. The predicted molar refractivity (Wildman–Crippen MR) is 137 cm³/mol. The molecule has 0 aromatic heterocycles. The highest BCUT2D eigenvalue weighted by Crippen LogP contribution is 2.34. The molecule has 0 saturated carbocycles. The first-order valence-electron chi connectivity index (χ1n) is 12.0. The Kier molecular flexibility index (Phi) is 11.3. The largest absolute Gasteiger partial charge is 0.490 e. The van der Waals surface area contributed by atoms with Gasteiger partial charge < -0.3 is 24.2 Å². The molecule has 0 radical (unpaired) electrons. The molecule has 0 aliphatic heterocycles. The normalized spacial score (nSPS) is 11.5. The van der Waals surface area contributed by atoms with Crippen molar-refractivity contribution in [3.8, 4) is 11.5 Å². The quantitative estimate of drug-likeness (QED) is 0.263. The molecule has 1 amide bonds. The van der Waals surface area contributed by atoms with Crippen LogP contribution < -0.4 is 14.4 Å². The first-order valence-corrected chi connectivity index (χ1v) is 12.0. The summed E-state index contributed by atoms with van der Waals surface area (Å²) < 4.78 is 17.9. The molecule has 7 nitrogen and oxygen atoms in total. The third-order valence-electron chi connectivity index (χ3n) is 5.64. The van der Waals surface area contributed by atoms with Gasteiger partial charge in [-0.05, 0) is 48.7 Å². The van der Waals surface area contributed by atoms with E-state index < -0.39 is 12.1 Å². The van der Waals surface area contributed by atoms with Crippen LogP contribution in [-0.4, -0.2) is 43.9 Å². The molecule has 7 heteroatoms. The number of amides is 1. The van der Waals surface area contributed by atoms with E-state index in [9.17, 15) is 14.7 Å². The number of benzene rings is 2. The second kappa shape index (κ2) is 14.2. The van der Waals surface area contributed by atoms with Gasteiger partial charge in [-0.25, -0.2) is 4.79 Å². The van der Waals surface area contributed by atoms with Crippen molar-refractivity contribution >= 4 is 17.6 Å². The third-order valence-corrected chi connectivity index (χ3v) is 5.64. The molecule has 2 aromatic rings. The molecule has 0 saturated heterocycles. The number of carbonyl (C=O) groups excluding carboxylic acids is 1. The molecule has 190 valence electrons. The van der Waals surface area contributed by atoms with Crippen molar-refractivity contribution in [2.45, 2.75) is 52.6 Å². The van der Waals surface area contributed by atoms with E-state index in [1.54, 1.807) is 11.9 Å². The number of hydrogen-bond acceptors (Lipinski definition) is 5. The van der Waals surface area contributed by atoms with Gasteiger partial charge in [0.2, 0.25) is 5.91 Å². The molecule has 1 unspecified atom stereocenters. The Bertz CT molecular complexity index is 985. The second-order valence-electron chi connectivity index (χ2n) is 8.31. The second-order valence-corrected chi connectivity index (χ2v) is 8.31. The lowest BCUT2D eigenvalue weighted by atomic mass is 10.0. The Hall–Kier alpha value is -3.32. The maximum Gasteiger partial charge on any atom is 0.331 e. The van der Waals surface area contributed by atoms with E-state index in [4.69, 9.17) is 14.2 Å². The van der Waals surface area contributed by atoms with Crippen molar-refractivity contribution in [3.63, 3.8) is 0 Å². The van der Waals surface area contributed by atoms with Crippen LogP contribution in [0.5, 0.6) is 11.5 Å². The average molecular weight is 484 g/mol. The number of anilines is 1. The lowest BCUT2D eigenvalue weighted by Crippen LogP contribution is -2.22. The summed E-state index contributed by atoms with van der Waals surface area (Å²) in [6.07, 6.45) is 2.37. The molecular weight excluding hydrogens is 446 g/mol. The van der Waals surface area contributed by atoms with Crippen LogP contribution in [0.25, 0.3) is 0 Å². The van der Waals surface area contributed by atoms with E-state index >= 15 is 0 Å². The van der Waals surface area contributed by atoms with E-state index in [1.807, 2.05) is 49.4 Å². The molecule has 0 fully saturated rings. The highest BCUT2D eigenvalue weighted by Gasteiger charge is 2.19. The Morgan fingerprint density at radius 2 is 1.71 bits per heavy atom. The highest BCUT2D eigenvalue weighted by molar-refractivity contribution is 5.90. The molecule has 0 spiro atoms. The van der Waals surface area contributed by atoms with Crippen LogP contribution >= 0.6 is 0 Å². The van der Waals surface area contributed by atoms with Gasteiger partial charge in [0.15, 0.2) is 11.5 Å². The summed E-state index contributed by atoms with van der Waals surface area (Å²) in [6, 6.07) is 13.4.